The van der Waals surface area contributed by atoms with Gasteiger partial charge in [-0.05, 0) is 42.2 Å². The lowest BCUT2D eigenvalue weighted by atomic mass is 9.78. The maximum absolute atomic E-state index is 13.6. The van der Waals surface area contributed by atoms with Crippen LogP contribution in [0.5, 0.6) is 11.5 Å². The molecular weight excluding hydrogens is 400 g/mol. The molecule has 32 heavy (non-hydrogen) atoms. The number of allylic oxidation sites excluding steroid dienone is 1. The molecule has 0 saturated heterocycles. The summed E-state index contributed by atoms with van der Waals surface area (Å²) in [7, 11) is 3.28. The number of Topliss-reactive ketones (excluding diaryl/α,β-unsaturated/α-hetero) is 1. The molecule has 1 aliphatic carbocycles. The number of ketones is 1. The van der Waals surface area contributed by atoms with E-state index in [1.54, 1.807) is 14.2 Å². The minimum atomic E-state index is -0.328. The van der Waals surface area contributed by atoms with Gasteiger partial charge in [0.15, 0.2) is 5.78 Å². The van der Waals surface area contributed by atoms with Crippen LogP contribution in [-0.2, 0) is 4.79 Å². The Morgan fingerprint density at radius 3 is 2.34 bits per heavy atom. The molecule has 3 aromatic rings. The van der Waals surface area contributed by atoms with Crippen LogP contribution in [0.2, 0.25) is 0 Å². The Morgan fingerprint density at radius 2 is 1.59 bits per heavy atom. The molecule has 0 saturated carbocycles. The second-order valence-electron chi connectivity index (χ2n) is 8.19. The molecule has 0 bridgehead atoms. The van der Waals surface area contributed by atoms with Crippen LogP contribution >= 0.6 is 0 Å². The van der Waals surface area contributed by atoms with E-state index in [0.29, 0.717) is 17.9 Å². The van der Waals surface area contributed by atoms with Crippen LogP contribution in [0.25, 0.3) is 0 Å². The van der Waals surface area contributed by atoms with E-state index in [4.69, 9.17) is 9.47 Å². The number of fused-ring (bicyclic) bond motifs is 1. The van der Waals surface area contributed by atoms with E-state index in [1.165, 1.54) is 5.56 Å². The van der Waals surface area contributed by atoms with Gasteiger partial charge in [0.05, 0.1) is 31.6 Å². The molecule has 3 aromatic carbocycles. The molecule has 5 nitrogen and oxygen atoms in total. The van der Waals surface area contributed by atoms with E-state index in [9.17, 15) is 4.79 Å². The van der Waals surface area contributed by atoms with Crippen LogP contribution in [0, 0.1) is 0 Å². The Bertz CT molecular complexity index is 1190. The monoisotopic (exact) mass is 426 g/mol. The Morgan fingerprint density at radius 1 is 0.844 bits per heavy atom. The van der Waals surface area contributed by atoms with Gasteiger partial charge < -0.3 is 20.1 Å². The Balaban J connectivity index is 1.64. The van der Waals surface area contributed by atoms with Gasteiger partial charge in [-0.15, -0.1) is 0 Å². The van der Waals surface area contributed by atoms with E-state index >= 15 is 0 Å². The summed E-state index contributed by atoms with van der Waals surface area (Å²) in [4.78, 5) is 13.6. The number of ether oxygens (including phenoxy) is 2. The molecule has 0 spiro atoms. The van der Waals surface area contributed by atoms with Crippen LogP contribution in [0.4, 0.5) is 11.4 Å². The number of benzene rings is 3. The molecule has 0 fully saturated rings. The summed E-state index contributed by atoms with van der Waals surface area (Å²) >= 11 is 0. The molecule has 1 aliphatic heterocycles. The maximum Gasteiger partial charge on any atom is 0.163 e. The van der Waals surface area contributed by atoms with E-state index in [-0.39, 0.29) is 17.7 Å². The smallest absolute Gasteiger partial charge is 0.163 e. The summed E-state index contributed by atoms with van der Waals surface area (Å²) < 4.78 is 11.1. The predicted molar refractivity (Wildman–Crippen MR) is 126 cm³/mol. The SMILES string of the molecule is COc1ccc([C@@H]2Nc3ccccc3NC3=C2C(=O)C[C@H](c2ccccc2)C3)c(OC)c1. The van der Waals surface area contributed by atoms with Crippen molar-refractivity contribution in [3.63, 3.8) is 0 Å². The molecule has 5 heteroatoms. The first-order valence-corrected chi connectivity index (χ1v) is 10.8. The van der Waals surface area contributed by atoms with Crippen molar-refractivity contribution in [2.24, 2.45) is 0 Å². The van der Waals surface area contributed by atoms with Gasteiger partial charge in [-0.2, -0.15) is 0 Å². The standard InChI is InChI=1S/C27H26N2O3/c1-31-19-12-13-20(25(16-19)32-2)27-26-23(28-21-10-6-7-11-22(21)29-27)14-18(15-24(26)30)17-8-4-3-5-9-17/h3-13,16,18,27-29H,14-15H2,1-2H3/t18-,27+/m1/s1. The Hall–Kier alpha value is -3.73. The van der Waals surface area contributed by atoms with E-state index in [0.717, 1.165) is 34.6 Å². The van der Waals surface area contributed by atoms with Crippen molar-refractivity contribution in [3.8, 4) is 11.5 Å². The molecular formula is C27H26N2O3. The summed E-state index contributed by atoms with van der Waals surface area (Å²) in [6, 6.07) is 23.8. The molecule has 162 valence electrons. The van der Waals surface area contributed by atoms with E-state index in [2.05, 4.69) is 22.8 Å². The molecule has 0 aromatic heterocycles. The van der Waals surface area contributed by atoms with Gasteiger partial charge in [0.25, 0.3) is 0 Å². The molecule has 5 rings (SSSR count). The fourth-order valence-electron chi connectivity index (χ4n) is 4.74. The second kappa shape index (κ2) is 8.42. The minimum absolute atomic E-state index is 0.149. The van der Waals surface area contributed by atoms with Crippen molar-refractivity contribution in [1.29, 1.82) is 0 Å². The van der Waals surface area contributed by atoms with Crippen molar-refractivity contribution in [3.05, 3.63) is 95.2 Å². The van der Waals surface area contributed by atoms with Crippen molar-refractivity contribution >= 4 is 17.2 Å². The third kappa shape index (κ3) is 3.60. The molecule has 1 heterocycles. The number of carbonyl (C=O) groups excluding carboxylic acids is 1. The number of anilines is 2. The average molecular weight is 427 g/mol. The summed E-state index contributed by atoms with van der Waals surface area (Å²) in [5, 5.41) is 7.19. The molecule has 0 unspecified atom stereocenters. The van der Waals surface area contributed by atoms with Gasteiger partial charge in [0, 0.05) is 29.3 Å². The third-order valence-corrected chi connectivity index (χ3v) is 6.33. The molecule has 2 N–H and O–H groups in total. The van der Waals surface area contributed by atoms with Gasteiger partial charge in [0.1, 0.15) is 11.5 Å². The minimum Gasteiger partial charge on any atom is -0.497 e. The lowest BCUT2D eigenvalue weighted by Crippen LogP contribution is -2.27. The van der Waals surface area contributed by atoms with Gasteiger partial charge in [0.2, 0.25) is 0 Å². The third-order valence-electron chi connectivity index (χ3n) is 6.33. The zero-order chi connectivity index (χ0) is 22.1. The number of hydrogen-bond donors (Lipinski definition) is 2. The number of rotatable bonds is 4. The number of methoxy groups -OCH3 is 2. The summed E-state index contributed by atoms with van der Waals surface area (Å²) in [5.41, 5.74) is 5.77. The normalized spacial score (nSPS) is 19.8. The first-order valence-electron chi connectivity index (χ1n) is 10.8. The van der Waals surface area contributed by atoms with Gasteiger partial charge >= 0.3 is 0 Å². The van der Waals surface area contributed by atoms with Crippen molar-refractivity contribution in [1.82, 2.24) is 0 Å². The second-order valence-corrected chi connectivity index (χ2v) is 8.19. The topological polar surface area (TPSA) is 59.6 Å². The largest absolute Gasteiger partial charge is 0.497 e. The van der Waals surface area contributed by atoms with Crippen molar-refractivity contribution in [2.45, 2.75) is 24.8 Å². The lowest BCUT2D eigenvalue weighted by Gasteiger charge is -2.30. The number of nitrogens with one attached hydrogen (secondary N) is 2. The van der Waals surface area contributed by atoms with Crippen LogP contribution in [-0.4, -0.2) is 20.0 Å². The van der Waals surface area contributed by atoms with Crippen LogP contribution in [0.15, 0.2) is 84.1 Å². The number of carbonyl (C=O) groups is 1. The highest BCUT2D eigenvalue weighted by Crippen LogP contribution is 2.46. The fourth-order valence-corrected chi connectivity index (χ4v) is 4.74. The first kappa shape index (κ1) is 20.2. The highest BCUT2D eigenvalue weighted by molar-refractivity contribution is 6.01. The van der Waals surface area contributed by atoms with E-state index in [1.807, 2.05) is 60.7 Å². The Kier molecular flexibility index (Phi) is 5.31. The Labute approximate surface area is 188 Å². The predicted octanol–water partition coefficient (Wildman–Crippen LogP) is 5.68. The molecule has 0 radical (unpaired) electrons. The highest BCUT2D eigenvalue weighted by Gasteiger charge is 2.37. The van der Waals surface area contributed by atoms with Crippen molar-refractivity contribution < 1.29 is 14.3 Å². The molecule has 2 aliphatic rings. The fraction of sp³-hybridized carbons (Fsp3) is 0.222. The summed E-state index contributed by atoms with van der Waals surface area (Å²) in [6.07, 6.45) is 1.26. The number of para-hydroxylation sites is 2. The van der Waals surface area contributed by atoms with Crippen LogP contribution < -0.4 is 20.1 Å². The quantitative estimate of drug-likeness (QED) is 0.562. The summed E-state index contributed by atoms with van der Waals surface area (Å²) in [5.74, 6) is 1.70. The lowest BCUT2D eigenvalue weighted by molar-refractivity contribution is -0.116. The molecule has 0 amide bonds. The maximum atomic E-state index is 13.6. The number of hydrogen-bond acceptors (Lipinski definition) is 5. The first-order chi connectivity index (χ1) is 15.7. The molecule has 2 atom stereocenters. The van der Waals surface area contributed by atoms with Crippen LogP contribution in [0.1, 0.15) is 35.9 Å². The van der Waals surface area contributed by atoms with E-state index < -0.39 is 0 Å². The van der Waals surface area contributed by atoms with Gasteiger partial charge in [-0.25, -0.2) is 0 Å². The zero-order valence-corrected chi connectivity index (χ0v) is 18.2. The summed E-state index contributed by atoms with van der Waals surface area (Å²) in [6.45, 7) is 0. The van der Waals surface area contributed by atoms with Gasteiger partial charge in [-0.3, -0.25) is 4.79 Å². The highest BCUT2D eigenvalue weighted by atomic mass is 16.5. The zero-order valence-electron chi connectivity index (χ0n) is 18.2. The van der Waals surface area contributed by atoms with Crippen LogP contribution in [0.3, 0.4) is 0 Å². The average Bonchev–Trinajstić information content (AvgIpc) is 3.01. The van der Waals surface area contributed by atoms with Gasteiger partial charge in [-0.1, -0.05) is 42.5 Å². The van der Waals surface area contributed by atoms with Crippen molar-refractivity contribution in [2.75, 3.05) is 24.9 Å².